The molecule has 0 fully saturated rings. The highest BCUT2D eigenvalue weighted by Crippen LogP contribution is 2.35. The molecule has 0 aromatic heterocycles. The minimum Gasteiger partial charge on any atom is -0.346 e. The Morgan fingerprint density at radius 1 is 1.16 bits per heavy atom. The summed E-state index contributed by atoms with van der Waals surface area (Å²) in [5.41, 5.74) is 0.920. The second kappa shape index (κ2) is 6.92. The van der Waals surface area contributed by atoms with Crippen LogP contribution in [0.3, 0.4) is 0 Å². The Kier molecular flexibility index (Phi) is 4.86. The third-order valence-electron chi connectivity index (χ3n) is 4.16. The van der Waals surface area contributed by atoms with Gasteiger partial charge in [-0.25, -0.2) is 0 Å². The van der Waals surface area contributed by atoms with Crippen LogP contribution in [0.1, 0.15) is 29.2 Å². The molecule has 0 heterocycles. The molecule has 1 amide bonds. The molecule has 1 unspecified atom stereocenters. The first-order valence-electron chi connectivity index (χ1n) is 7.78. The van der Waals surface area contributed by atoms with Crippen LogP contribution in [-0.2, 0) is 11.2 Å². The van der Waals surface area contributed by atoms with Gasteiger partial charge in [0, 0.05) is 11.1 Å². The summed E-state index contributed by atoms with van der Waals surface area (Å²) < 4.78 is 39.9. The van der Waals surface area contributed by atoms with Crippen molar-refractivity contribution in [3.63, 3.8) is 0 Å². The molecule has 2 aromatic carbocycles. The van der Waals surface area contributed by atoms with E-state index < -0.39 is 17.7 Å². The Hall–Kier alpha value is -2.27. The Labute approximate surface area is 148 Å². The monoisotopic (exact) mass is 365 g/mol. The van der Waals surface area contributed by atoms with Crippen molar-refractivity contribution in [1.29, 1.82) is 0 Å². The zero-order valence-electron chi connectivity index (χ0n) is 13.1. The van der Waals surface area contributed by atoms with Crippen molar-refractivity contribution < 1.29 is 18.0 Å². The molecule has 1 aliphatic carbocycles. The number of hydrogen-bond donors (Lipinski definition) is 1. The maximum absolute atomic E-state index is 13.3. The second-order valence-electron chi connectivity index (χ2n) is 5.86. The van der Waals surface area contributed by atoms with Crippen LogP contribution in [-0.4, -0.2) is 12.1 Å². The van der Waals surface area contributed by atoms with Gasteiger partial charge in [0.15, 0.2) is 0 Å². The molecule has 25 heavy (non-hydrogen) atoms. The third kappa shape index (κ3) is 4.04. The van der Waals surface area contributed by atoms with Gasteiger partial charge in [0.2, 0.25) is 5.91 Å². The molecule has 1 N–H and O–H groups in total. The van der Waals surface area contributed by atoms with Gasteiger partial charge in [0.25, 0.3) is 0 Å². The lowest BCUT2D eigenvalue weighted by atomic mass is 10.0. The van der Waals surface area contributed by atoms with E-state index in [4.69, 9.17) is 11.6 Å². The predicted octanol–water partition coefficient (Wildman–Crippen LogP) is 5.09. The molecule has 0 saturated carbocycles. The Morgan fingerprint density at radius 2 is 1.88 bits per heavy atom. The van der Waals surface area contributed by atoms with Crippen molar-refractivity contribution in [2.24, 2.45) is 0 Å². The molecule has 0 saturated heterocycles. The first kappa shape index (κ1) is 17.5. The molecule has 0 aliphatic heterocycles. The van der Waals surface area contributed by atoms with Gasteiger partial charge in [0.05, 0.1) is 11.6 Å². The summed E-state index contributed by atoms with van der Waals surface area (Å²) in [5.74, 6) is -0.760. The van der Waals surface area contributed by atoms with Gasteiger partial charge < -0.3 is 5.32 Å². The minimum absolute atomic E-state index is 0.0382. The van der Waals surface area contributed by atoms with Gasteiger partial charge in [0.1, 0.15) is 0 Å². The van der Waals surface area contributed by atoms with Gasteiger partial charge in [-0.05, 0) is 41.7 Å². The van der Waals surface area contributed by atoms with Gasteiger partial charge in [-0.15, -0.1) is 0 Å². The summed E-state index contributed by atoms with van der Waals surface area (Å²) in [5, 5.41) is 3.27. The summed E-state index contributed by atoms with van der Waals surface area (Å²) in [6, 6.07) is 12.3. The summed E-state index contributed by atoms with van der Waals surface area (Å²) in [6.45, 7) is 0. The molecule has 130 valence electrons. The van der Waals surface area contributed by atoms with Crippen molar-refractivity contribution in [2.75, 3.05) is 0 Å². The molecule has 0 bridgehead atoms. The van der Waals surface area contributed by atoms with Crippen LogP contribution >= 0.6 is 11.6 Å². The van der Waals surface area contributed by atoms with Crippen molar-refractivity contribution in [1.82, 2.24) is 5.32 Å². The van der Waals surface area contributed by atoms with E-state index in [-0.39, 0.29) is 11.6 Å². The SMILES string of the molecule is O=C(/C=C(\c1ccccc1)C(F)(F)F)NC1CCc2cc(Cl)ccc21. The van der Waals surface area contributed by atoms with E-state index in [9.17, 15) is 18.0 Å². The average molecular weight is 366 g/mol. The Bertz CT molecular complexity index is 815. The van der Waals surface area contributed by atoms with Crippen LogP contribution < -0.4 is 5.32 Å². The number of amides is 1. The molecular weight excluding hydrogens is 351 g/mol. The first-order chi connectivity index (χ1) is 11.8. The van der Waals surface area contributed by atoms with Crippen LogP contribution in [0.2, 0.25) is 5.02 Å². The van der Waals surface area contributed by atoms with Crippen molar-refractivity contribution >= 4 is 23.1 Å². The topological polar surface area (TPSA) is 29.1 Å². The highest BCUT2D eigenvalue weighted by Gasteiger charge is 2.35. The van der Waals surface area contributed by atoms with Gasteiger partial charge in [-0.2, -0.15) is 13.2 Å². The maximum atomic E-state index is 13.3. The second-order valence-corrected chi connectivity index (χ2v) is 6.30. The lowest BCUT2D eigenvalue weighted by molar-refractivity contribution is -0.117. The number of aryl methyl sites for hydroxylation is 1. The van der Waals surface area contributed by atoms with E-state index in [1.54, 1.807) is 18.2 Å². The summed E-state index contributed by atoms with van der Waals surface area (Å²) in [7, 11) is 0. The largest absolute Gasteiger partial charge is 0.417 e. The molecule has 1 atom stereocenters. The van der Waals surface area contributed by atoms with E-state index >= 15 is 0 Å². The van der Waals surface area contributed by atoms with E-state index in [1.807, 2.05) is 6.07 Å². The molecule has 3 rings (SSSR count). The number of carbonyl (C=O) groups excluding carboxylic acids is 1. The van der Waals surface area contributed by atoms with Gasteiger partial charge in [-0.1, -0.05) is 48.0 Å². The van der Waals surface area contributed by atoms with Crippen LogP contribution in [0.5, 0.6) is 0 Å². The fourth-order valence-electron chi connectivity index (χ4n) is 3.03. The van der Waals surface area contributed by atoms with E-state index in [1.165, 1.54) is 24.3 Å². The third-order valence-corrected chi connectivity index (χ3v) is 4.40. The number of nitrogens with one attached hydrogen (secondary N) is 1. The molecule has 2 nitrogen and oxygen atoms in total. The summed E-state index contributed by atoms with van der Waals surface area (Å²) in [6.07, 6.45) is -2.61. The maximum Gasteiger partial charge on any atom is 0.417 e. The van der Waals surface area contributed by atoms with E-state index in [0.29, 0.717) is 17.5 Å². The number of hydrogen-bond acceptors (Lipinski definition) is 1. The fourth-order valence-corrected chi connectivity index (χ4v) is 3.22. The molecular formula is C19H15ClF3NO. The number of carbonyl (C=O) groups is 1. The number of fused-ring (bicyclic) bond motifs is 1. The van der Waals surface area contributed by atoms with Crippen LogP contribution in [0.25, 0.3) is 5.57 Å². The normalized spacial score (nSPS) is 17.3. The van der Waals surface area contributed by atoms with Gasteiger partial charge >= 0.3 is 6.18 Å². The zero-order chi connectivity index (χ0) is 18.0. The predicted molar refractivity (Wildman–Crippen MR) is 91.1 cm³/mol. The molecule has 0 radical (unpaired) electrons. The smallest absolute Gasteiger partial charge is 0.346 e. The molecule has 1 aliphatic rings. The number of rotatable bonds is 3. The van der Waals surface area contributed by atoms with E-state index in [2.05, 4.69) is 5.32 Å². The standard InChI is InChI=1S/C19H15ClF3NO/c20-14-7-8-15-13(10-14)6-9-17(15)24-18(25)11-16(19(21,22)23)12-4-2-1-3-5-12/h1-5,7-8,10-11,17H,6,9H2,(H,24,25)/b16-11+. The highest BCUT2D eigenvalue weighted by atomic mass is 35.5. The average Bonchev–Trinajstić information content (AvgIpc) is 2.94. The van der Waals surface area contributed by atoms with Gasteiger partial charge in [-0.3, -0.25) is 4.79 Å². The number of benzene rings is 2. The van der Waals surface area contributed by atoms with Crippen LogP contribution in [0.4, 0.5) is 13.2 Å². The molecule has 6 heteroatoms. The Morgan fingerprint density at radius 3 is 2.56 bits per heavy atom. The fraction of sp³-hybridized carbons (Fsp3) is 0.211. The minimum atomic E-state index is -4.61. The molecule has 2 aromatic rings. The number of alkyl halides is 3. The lowest BCUT2D eigenvalue weighted by Gasteiger charge is -2.15. The summed E-state index contributed by atoms with van der Waals surface area (Å²) in [4.78, 5) is 12.2. The quantitative estimate of drug-likeness (QED) is 0.754. The highest BCUT2D eigenvalue weighted by molar-refractivity contribution is 6.30. The van der Waals surface area contributed by atoms with Crippen LogP contribution in [0, 0.1) is 0 Å². The number of halogens is 4. The van der Waals surface area contributed by atoms with Crippen LogP contribution in [0.15, 0.2) is 54.6 Å². The van der Waals surface area contributed by atoms with E-state index in [0.717, 1.165) is 17.5 Å². The van der Waals surface area contributed by atoms with Crippen molar-refractivity contribution in [2.45, 2.75) is 25.1 Å². The summed E-state index contributed by atoms with van der Waals surface area (Å²) >= 11 is 5.94. The zero-order valence-corrected chi connectivity index (χ0v) is 13.9. The lowest BCUT2D eigenvalue weighted by Crippen LogP contribution is -2.26. The number of allylic oxidation sites excluding steroid dienone is 1. The first-order valence-corrected chi connectivity index (χ1v) is 8.15. The Balaban J connectivity index is 1.82. The molecule has 0 spiro atoms. The van der Waals surface area contributed by atoms with Crippen molar-refractivity contribution in [3.8, 4) is 0 Å². The van der Waals surface area contributed by atoms with Crippen molar-refractivity contribution in [3.05, 3.63) is 76.3 Å².